The van der Waals surface area contributed by atoms with Gasteiger partial charge in [0.2, 0.25) is 5.88 Å². The van der Waals surface area contributed by atoms with Gasteiger partial charge in [0.1, 0.15) is 0 Å². The number of methoxy groups -OCH3 is 1. The molecule has 1 aromatic rings. The van der Waals surface area contributed by atoms with E-state index in [0.29, 0.717) is 6.04 Å². The van der Waals surface area contributed by atoms with Crippen molar-refractivity contribution in [3.05, 3.63) is 11.8 Å². The fourth-order valence-electron chi connectivity index (χ4n) is 1.84. The fraction of sp³-hybridized carbons (Fsp3) is 0.667. The summed E-state index contributed by atoms with van der Waals surface area (Å²) in [5, 5.41) is 10.2. The van der Waals surface area contributed by atoms with Crippen molar-refractivity contribution in [2.24, 2.45) is 0 Å². The van der Waals surface area contributed by atoms with Crippen LogP contribution in [0.1, 0.15) is 11.6 Å². The van der Waals surface area contributed by atoms with Crippen LogP contribution in [-0.2, 0) is 0 Å². The maximum atomic E-state index is 5.21. The standard InChI is InChI=1S/C9H16N4O/c1-13-4-3-10-6-8(13)7-5-11-12-9(7)14-2/h5,8,10H,3-4,6H2,1-2H3,(H,11,12). The van der Waals surface area contributed by atoms with Crippen LogP contribution >= 0.6 is 0 Å². The highest BCUT2D eigenvalue weighted by Gasteiger charge is 2.24. The van der Waals surface area contributed by atoms with E-state index in [4.69, 9.17) is 4.74 Å². The number of aromatic amines is 1. The van der Waals surface area contributed by atoms with Gasteiger partial charge in [-0.3, -0.25) is 4.90 Å². The molecule has 1 saturated heterocycles. The molecule has 1 aliphatic heterocycles. The van der Waals surface area contributed by atoms with Crippen LogP contribution in [0.15, 0.2) is 6.20 Å². The maximum absolute atomic E-state index is 5.21. The predicted octanol–water partition coefficient (Wildman–Crippen LogP) is -0.00560. The minimum Gasteiger partial charge on any atom is -0.481 e. The van der Waals surface area contributed by atoms with Gasteiger partial charge in [-0.25, -0.2) is 5.10 Å². The monoisotopic (exact) mass is 196 g/mol. The van der Waals surface area contributed by atoms with E-state index in [1.54, 1.807) is 7.11 Å². The topological polar surface area (TPSA) is 53.2 Å². The van der Waals surface area contributed by atoms with Gasteiger partial charge in [-0.1, -0.05) is 0 Å². The number of nitrogens with zero attached hydrogens (tertiary/aromatic N) is 2. The molecule has 2 heterocycles. The number of ether oxygens (including phenoxy) is 1. The molecule has 1 aliphatic rings. The molecule has 1 atom stereocenters. The Morgan fingerprint density at radius 3 is 3.21 bits per heavy atom. The summed E-state index contributed by atoms with van der Waals surface area (Å²) < 4.78 is 5.21. The molecule has 2 rings (SSSR count). The SMILES string of the molecule is COc1[nH]ncc1C1CNCCN1C. The van der Waals surface area contributed by atoms with Crippen molar-refractivity contribution in [2.75, 3.05) is 33.8 Å². The van der Waals surface area contributed by atoms with Crippen molar-refractivity contribution >= 4 is 0 Å². The second kappa shape index (κ2) is 3.98. The van der Waals surface area contributed by atoms with Crippen LogP contribution in [0.25, 0.3) is 0 Å². The Morgan fingerprint density at radius 2 is 2.50 bits per heavy atom. The van der Waals surface area contributed by atoms with Crippen molar-refractivity contribution in [1.82, 2.24) is 20.4 Å². The van der Waals surface area contributed by atoms with Crippen LogP contribution in [0.2, 0.25) is 0 Å². The van der Waals surface area contributed by atoms with Gasteiger partial charge < -0.3 is 10.1 Å². The van der Waals surface area contributed by atoms with Gasteiger partial charge in [-0.15, -0.1) is 0 Å². The van der Waals surface area contributed by atoms with Crippen LogP contribution in [-0.4, -0.2) is 48.9 Å². The van der Waals surface area contributed by atoms with Gasteiger partial charge in [-0.05, 0) is 7.05 Å². The molecule has 0 aliphatic carbocycles. The Balaban J connectivity index is 2.20. The van der Waals surface area contributed by atoms with E-state index in [1.807, 2.05) is 6.20 Å². The summed E-state index contributed by atoms with van der Waals surface area (Å²) in [7, 11) is 3.78. The molecule has 14 heavy (non-hydrogen) atoms. The summed E-state index contributed by atoms with van der Waals surface area (Å²) in [6, 6.07) is 0.359. The van der Waals surface area contributed by atoms with Crippen LogP contribution < -0.4 is 10.1 Å². The zero-order valence-corrected chi connectivity index (χ0v) is 8.58. The van der Waals surface area contributed by atoms with E-state index >= 15 is 0 Å². The Morgan fingerprint density at radius 1 is 1.64 bits per heavy atom. The molecule has 0 saturated carbocycles. The van der Waals surface area contributed by atoms with E-state index in [1.165, 1.54) is 0 Å². The van der Waals surface area contributed by atoms with E-state index in [9.17, 15) is 0 Å². The van der Waals surface area contributed by atoms with E-state index in [0.717, 1.165) is 31.1 Å². The number of likely N-dealkylation sites (N-methyl/N-ethyl adjacent to an activating group) is 1. The van der Waals surface area contributed by atoms with Gasteiger partial charge in [0.15, 0.2) is 0 Å². The summed E-state index contributed by atoms with van der Waals surface area (Å²) in [5.74, 6) is 0.769. The lowest BCUT2D eigenvalue weighted by atomic mass is 10.1. The number of H-pyrrole nitrogens is 1. The van der Waals surface area contributed by atoms with Crippen molar-refractivity contribution in [3.63, 3.8) is 0 Å². The second-order valence-electron chi connectivity index (χ2n) is 3.56. The Labute approximate surface area is 83.4 Å². The Bertz CT molecular complexity index is 299. The summed E-state index contributed by atoms with van der Waals surface area (Å²) >= 11 is 0. The average molecular weight is 196 g/mol. The smallest absolute Gasteiger partial charge is 0.213 e. The van der Waals surface area contributed by atoms with Crippen molar-refractivity contribution < 1.29 is 4.74 Å². The summed E-state index contributed by atoms with van der Waals surface area (Å²) in [4.78, 5) is 2.31. The second-order valence-corrected chi connectivity index (χ2v) is 3.56. The first kappa shape index (κ1) is 9.48. The Hall–Kier alpha value is -1.07. The third-order valence-electron chi connectivity index (χ3n) is 2.71. The fourth-order valence-corrected chi connectivity index (χ4v) is 1.84. The molecule has 0 radical (unpaired) electrons. The molecule has 0 bridgehead atoms. The minimum absolute atomic E-state index is 0.359. The van der Waals surface area contributed by atoms with Gasteiger partial charge in [-0.2, -0.15) is 5.10 Å². The number of hydrogen-bond donors (Lipinski definition) is 2. The van der Waals surface area contributed by atoms with Crippen LogP contribution in [0, 0.1) is 0 Å². The summed E-state index contributed by atoms with van der Waals surface area (Å²) in [5.41, 5.74) is 1.13. The lowest BCUT2D eigenvalue weighted by molar-refractivity contribution is 0.198. The quantitative estimate of drug-likeness (QED) is 0.699. The number of hydrogen-bond acceptors (Lipinski definition) is 4. The number of rotatable bonds is 2. The zero-order chi connectivity index (χ0) is 9.97. The molecule has 78 valence electrons. The van der Waals surface area contributed by atoms with Crippen molar-refractivity contribution in [2.45, 2.75) is 6.04 Å². The maximum Gasteiger partial charge on any atom is 0.213 e. The molecule has 0 aromatic carbocycles. The van der Waals surface area contributed by atoms with E-state index in [-0.39, 0.29) is 0 Å². The largest absolute Gasteiger partial charge is 0.481 e. The first-order valence-corrected chi connectivity index (χ1v) is 4.81. The molecule has 1 aromatic heterocycles. The first-order valence-electron chi connectivity index (χ1n) is 4.81. The van der Waals surface area contributed by atoms with Crippen LogP contribution in [0.3, 0.4) is 0 Å². The third-order valence-corrected chi connectivity index (χ3v) is 2.71. The summed E-state index contributed by atoms with van der Waals surface area (Å²) in [6.07, 6.45) is 1.84. The van der Waals surface area contributed by atoms with Crippen LogP contribution in [0.5, 0.6) is 5.88 Å². The van der Waals surface area contributed by atoms with Gasteiger partial charge >= 0.3 is 0 Å². The molecule has 1 unspecified atom stereocenters. The van der Waals surface area contributed by atoms with Gasteiger partial charge in [0.05, 0.1) is 24.9 Å². The average Bonchev–Trinajstić information content (AvgIpc) is 2.66. The predicted molar refractivity (Wildman–Crippen MR) is 53.4 cm³/mol. The first-order chi connectivity index (χ1) is 6.83. The lowest BCUT2D eigenvalue weighted by Crippen LogP contribution is -2.43. The van der Waals surface area contributed by atoms with Crippen molar-refractivity contribution in [1.29, 1.82) is 0 Å². The highest BCUT2D eigenvalue weighted by Crippen LogP contribution is 2.26. The molecular weight excluding hydrogens is 180 g/mol. The molecule has 1 fully saturated rings. The van der Waals surface area contributed by atoms with Crippen molar-refractivity contribution in [3.8, 4) is 5.88 Å². The minimum atomic E-state index is 0.359. The highest BCUT2D eigenvalue weighted by molar-refractivity contribution is 5.27. The third kappa shape index (κ3) is 1.60. The molecule has 5 heteroatoms. The zero-order valence-electron chi connectivity index (χ0n) is 8.58. The number of nitrogens with one attached hydrogen (secondary N) is 2. The number of piperazine rings is 1. The molecular formula is C9H16N4O. The van der Waals surface area contributed by atoms with Crippen LogP contribution in [0.4, 0.5) is 0 Å². The number of aromatic nitrogens is 2. The molecule has 2 N–H and O–H groups in total. The molecule has 0 amide bonds. The molecule has 5 nitrogen and oxygen atoms in total. The molecule has 0 spiro atoms. The van der Waals surface area contributed by atoms with E-state index in [2.05, 4.69) is 27.5 Å². The van der Waals surface area contributed by atoms with E-state index < -0.39 is 0 Å². The Kier molecular flexibility index (Phi) is 2.69. The normalized spacial score (nSPS) is 23.7. The van der Waals surface area contributed by atoms with Gasteiger partial charge in [0.25, 0.3) is 0 Å². The summed E-state index contributed by atoms with van der Waals surface area (Å²) in [6.45, 7) is 3.05. The van der Waals surface area contributed by atoms with Gasteiger partial charge in [0, 0.05) is 19.6 Å². The lowest BCUT2D eigenvalue weighted by Gasteiger charge is -2.32. The highest BCUT2D eigenvalue weighted by atomic mass is 16.5.